The Labute approximate surface area is 157 Å². The van der Waals surface area contributed by atoms with Crippen LogP contribution in [0.2, 0.25) is 0 Å². The Kier molecular flexibility index (Phi) is 5.95. The number of alkyl halides is 3. The van der Waals surface area contributed by atoms with Gasteiger partial charge in [-0.05, 0) is 43.9 Å². The van der Waals surface area contributed by atoms with E-state index in [1.807, 2.05) is 9.80 Å². The highest BCUT2D eigenvalue weighted by atomic mass is 19.4. The van der Waals surface area contributed by atoms with Crippen molar-refractivity contribution < 1.29 is 18.0 Å². The molecule has 2 aliphatic heterocycles. The first-order chi connectivity index (χ1) is 12.9. The number of piperidine rings is 1. The van der Waals surface area contributed by atoms with Crippen molar-refractivity contribution in [2.24, 2.45) is 0 Å². The van der Waals surface area contributed by atoms with Crippen LogP contribution >= 0.6 is 0 Å². The van der Waals surface area contributed by atoms with Gasteiger partial charge in [0.1, 0.15) is 0 Å². The van der Waals surface area contributed by atoms with Crippen LogP contribution in [0.3, 0.4) is 0 Å². The maximum atomic E-state index is 12.9. The number of halogens is 3. The number of anilines is 1. The quantitative estimate of drug-likeness (QED) is 0.740. The van der Waals surface area contributed by atoms with Crippen LogP contribution in [0.4, 0.5) is 18.9 Å². The van der Waals surface area contributed by atoms with Crippen molar-refractivity contribution >= 4 is 11.6 Å². The summed E-state index contributed by atoms with van der Waals surface area (Å²) in [6, 6.07) is 5.82. The average Bonchev–Trinajstić information content (AvgIpc) is 2.68. The van der Waals surface area contributed by atoms with Gasteiger partial charge in [0.15, 0.2) is 0 Å². The molecule has 1 atom stereocenters. The van der Waals surface area contributed by atoms with E-state index >= 15 is 0 Å². The Morgan fingerprint density at radius 1 is 1.15 bits per heavy atom. The van der Waals surface area contributed by atoms with Gasteiger partial charge in [0.05, 0.1) is 5.56 Å². The van der Waals surface area contributed by atoms with Crippen molar-refractivity contribution in [1.82, 2.24) is 9.80 Å². The molecule has 0 saturated carbocycles. The molecule has 2 heterocycles. The fourth-order valence-electron chi connectivity index (χ4n) is 3.85. The Bertz CT molecular complexity index is 730. The second-order valence-electron chi connectivity index (χ2n) is 6.99. The summed E-state index contributed by atoms with van der Waals surface area (Å²) in [4.78, 5) is 18.2. The minimum Gasteiger partial charge on any atom is -0.369 e. The lowest BCUT2D eigenvalue weighted by molar-refractivity contribution is -0.137. The molecule has 1 amide bonds. The number of piperazine rings is 1. The zero-order valence-corrected chi connectivity index (χ0v) is 15.4. The zero-order valence-electron chi connectivity index (χ0n) is 15.4. The summed E-state index contributed by atoms with van der Waals surface area (Å²) in [6.45, 7) is 6.00. The minimum atomic E-state index is -4.32. The van der Waals surface area contributed by atoms with E-state index in [9.17, 15) is 18.0 Å². The molecule has 0 N–H and O–H groups in total. The van der Waals surface area contributed by atoms with Crippen LogP contribution in [0.5, 0.6) is 0 Å². The van der Waals surface area contributed by atoms with E-state index < -0.39 is 11.7 Å². The monoisotopic (exact) mass is 379 g/mol. The summed E-state index contributed by atoms with van der Waals surface area (Å²) in [5.74, 6) is 5.14. The third kappa shape index (κ3) is 4.75. The molecular formula is C20H24F3N3O. The van der Waals surface area contributed by atoms with E-state index in [1.54, 1.807) is 13.0 Å². The third-order valence-electron chi connectivity index (χ3n) is 5.28. The molecular weight excluding hydrogens is 355 g/mol. The molecule has 0 spiro atoms. The first-order valence-electron chi connectivity index (χ1n) is 9.26. The lowest BCUT2D eigenvalue weighted by Gasteiger charge is -2.43. The Hall–Kier alpha value is -2.20. The van der Waals surface area contributed by atoms with Crippen LogP contribution in [0.15, 0.2) is 24.3 Å². The average molecular weight is 379 g/mol. The van der Waals surface area contributed by atoms with Crippen molar-refractivity contribution in [3.8, 4) is 11.8 Å². The Morgan fingerprint density at radius 3 is 2.56 bits per heavy atom. The van der Waals surface area contributed by atoms with Gasteiger partial charge in [-0.3, -0.25) is 9.69 Å². The molecule has 146 valence electrons. The fourth-order valence-corrected chi connectivity index (χ4v) is 3.85. The molecule has 2 aliphatic rings. The predicted molar refractivity (Wildman–Crippen MR) is 98.3 cm³/mol. The highest BCUT2D eigenvalue weighted by Gasteiger charge is 2.32. The highest BCUT2D eigenvalue weighted by molar-refractivity contribution is 5.93. The molecule has 0 aliphatic carbocycles. The van der Waals surface area contributed by atoms with Crippen LogP contribution in [-0.4, -0.2) is 61.0 Å². The molecule has 3 rings (SSSR count). The molecule has 1 aromatic carbocycles. The van der Waals surface area contributed by atoms with E-state index in [1.165, 1.54) is 12.1 Å². The number of hydrogen-bond acceptors (Lipinski definition) is 3. The van der Waals surface area contributed by atoms with Crippen molar-refractivity contribution in [3.05, 3.63) is 29.8 Å². The van der Waals surface area contributed by atoms with E-state index in [2.05, 4.69) is 16.7 Å². The zero-order chi connectivity index (χ0) is 19.4. The fraction of sp³-hybridized carbons (Fsp3) is 0.550. The molecule has 2 fully saturated rings. The molecule has 0 aromatic heterocycles. The van der Waals surface area contributed by atoms with Crippen LogP contribution in [0.25, 0.3) is 0 Å². The summed E-state index contributed by atoms with van der Waals surface area (Å²) in [6.07, 6.45) is -2.33. The standard InChI is InChI=1S/C20H24F3N3O/c1-2-5-19(27)26-9-4-8-18(15-26)25-12-10-24(11-13-25)17-7-3-6-16(14-17)20(21,22)23/h3,6-7,14,18H,4,8-13,15H2,1H3/t18-/m0/s1. The minimum absolute atomic E-state index is 0.121. The first-order valence-corrected chi connectivity index (χ1v) is 9.26. The van der Waals surface area contributed by atoms with Crippen molar-refractivity contribution in [2.75, 3.05) is 44.2 Å². The van der Waals surface area contributed by atoms with Gasteiger partial charge >= 0.3 is 6.18 Å². The van der Waals surface area contributed by atoms with Crippen molar-refractivity contribution in [1.29, 1.82) is 0 Å². The van der Waals surface area contributed by atoms with Crippen LogP contribution in [-0.2, 0) is 11.0 Å². The van der Waals surface area contributed by atoms with E-state index in [-0.39, 0.29) is 5.91 Å². The summed E-state index contributed by atoms with van der Waals surface area (Å²) >= 11 is 0. The number of benzene rings is 1. The molecule has 27 heavy (non-hydrogen) atoms. The third-order valence-corrected chi connectivity index (χ3v) is 5.28. The van der Waals surface area contributed by atoms with Gasteiger partial charge in [0.2, 0.25) is 0 Å². The first kappa shape index (κ1) is 19.6. The number of hydrogen-bond donors (Lipinski definition) is 0. The highest BCUT2D eigenvalue weighted by Crippen LogP contribution is 2.32. The van der Waals surface area contributed by atoms with E-state index in [0.717, 1.165) is 38.5 Å². The van der Waals surface area contributed by atoms with E-state index in [4.69, 9.17) is 0 Å². The Morgan fingerprint density at radius 2 is 1.89 bits per heavy atom. The van der Waals surface area contributed by atoms with Gasteiger partial charge in [-0.2, -0.15) is 13.2 Å². The SMILES string of the molecule is CC#CC(=O)N1CCC[C@H](N2CCN(c3cccc(C(F)(F)F)c3)CC2)C1. The lowest BCUT2D eigenvalue weighted by atomic mass is 10.0. The van der Waals surface area contributed by atoms with Gasteiger partial charge in [-0.1, -0.05) is 12.0 Å². The molecule has 7 heteroatoms. The van der Waals surface area contributed by atoms with Crippen molar-refractivity contribution in [2.45, 2.75) is 32.0 Å². The molecule has 0 bridgehead atoms. The van der Waals surface area contributed by atoms with Crippen LogP contribution in [0, 0.1) is 11.8 Å². The Balaban J connectivity index is 1.59. The summed E-state index contributed by atoms with van der Waals surface area (Å²) in [5.41, 5.74) is 0.00374. The summed E-state index contributed by atoms with van der Waals surface area (Å²) in [7, 11) is 0. The number of nitrogens with zero attached hydrogens (tertiary/aromatic N) is 3. The second kappa shape index (κ2) is 8.22. The molecule has 2 saturated heterocycles. The van der Waals surface area contributed by atoms with Crippen LogP contribution < -0.4 is 4.90 Å². The van der Waals surface area contributed by atoms with Gasteiger partial charge < -0.3 is 9.80 Å². The molecule has 0 radical (unpaired) electrons. The largest absolute Gasteiger partial charge is 0.416 e. The molecule has 4 nitrogen and oxygen atoms in total. The second-order valence-corrected chi connectivity index (χ2v) is 6.99. The number of likely N-dealkylation sites (tertiary alicyclic amines) is 1. The van der Waals surface area contributed by atoms with Gasteiger partial charge in [-0.15, -0.1) is 0 Å². The van der Waals surface area contributed by atoms with Crippen LogP contribution in [0.1, 0.15) is 25.3 Å². The molecule has 1 aromatic rings. The smallest absolute Gasteiger partial charge is 0.369 e. The number of carbonyl (C=O) groups excluding carboxylic acids is 1. The van der Waals surface area contributed by atoms with Gasteiger partial charge in [-0.25, -0.2) is 0 Å². The summed E-state index contributed by atoms with van der Waals surface area (Å²) in [5, 5.41) is 0. The predicted octanol–water partition coefficient (Wildman–Crippen LogP) is 2.84. The number of amides is 1. The molecule has 0 unspecified atom stereocenters. The van der Waals surface area contributed by atoms with E-state index in [0.29, 0.717) is 31.4 Å². The normalized spacial score (nSPS) is 21.6. The topological polar surface area (TPSA) is 26.8 Å². The lowest BCUT2D eigenvalue weighted by Crippen LogP contribution is -2.55. The summed E-state index contributed by atoms with van der Waals surface area (Å²) < 4.78 is 38.8. The van der Waals surface area contributed by atoms with Gasteiger partial charge in [0.25, 0.3) is 5.91 Å². The van der Waals surface area contributed by atoms with Gasteiger partial charge in [0, 0.05) is 51.0 Å². The maximum absolute atomic E-state index is 12.9. The number of carbonyl (C=O) groups is 1. The van der Waals surface area contributed by atoms with Crippen molar-refractivity contribution in [3.63, 3.8) is 0 Å². The number of rotatable bonds is 2. The maximum Gasteiger partial charge on any atom is 0.416 e.